The molecule has 7 heteroatoms. The summed E-state index contributed by atoms with van der Waals surface area (Å²) in [6.45, 7) is 4.94. The van der Waals surface area contributed by atoms with Crippen LogP contribution in [0.2, 0.25) is 0 Å². The number of rotatable bonds is 4. The molecule has 2 aliphatic heterocycles. The Hall–Kier alpha value is -2.51. The average molecular weight is 396 g/mol. The Bertz CT molecular complexity index is 1010. The first-order valence-electron chi connectivity index (χ1n) is 9.44. The fourth-order valence-corrected chi connectivity index (χ4v) is 5.01. The van der Waals surface area contributed by atoms with Gasteiger partial charge >= 0.3 is 0 Å². The van der Waals surface area contributed by atoms with Crippen LogP contribution in [-0.2, 0) is 13.1 Å². The van der Waals surface area contributed by atoms with Gasteiger partial charge in [0.05, 0.1) is 29.3 Å². The molecule has 0 bridgehead atoms. The molecule has 1 fully saturated rings. The molecule has 0 radical (unpaired) electrons. The number of nitrogens with zero attached hydrogens (tertiary/aromatic N) is 4. The normalized spacial score (nSPS) is 21.8. The van der Waals surface area contributed by atoms with Crippen molar-refractivity contribution in [2.45, 2.75) is 32.1 Å². The van der Waals surface area contributed by atoms with Gasteiger partial charge < -0.3 is 9.47 Å². The fraction of sp³-hybridized carbons (Fsp3) is 0.333. The van der Waals surface area contributed by atoms with Gasteiger partial charge in [0.1, 0.15) is 11.5 Å². The summed E-state index contributed by atoms with van der Waals surface area (Å²) >= 11 is 1.61. The number of benzene rings is 1. The van der Waals surface area contributed by atoms with E-state index in [1.807, 2.05) is 47.7 Å². The van der Waals surface area contributed by atoms with Gasteiger partial charge in [-0.25, -0.2) is 9.37 Å². The largest absolute Gasteiger partial charge is 0.337 e. The van der Waals surface area contributed by atoms with Crippen LogP contribution in [0.15, 0.2) is 48.0 Å². The van der Waals surface area contributed by atoms with Crippen LogP contribution < -0.4 is 0 Å². The van der Waals surface area contributed by atoms with Gasteiger partial charge in [0.15, 0.2) is 0 Å². The van der Waals surface area contributed by atoms with Crippen molar-refractivity contribution in [1.82, 2.24) is 19.4 Å². The molecule has 0 aliphatic carbocycles. The van der Waals surface area contributed by atoms with E-state index in [2.05, 4.69) is 14.5 Å². The predicted molar refractivity (Wildman–Crippen MR) is 106 cm³/mol. The zero-order valence-electron chi connectivity index (χ0n) is 15.6. The third kappa shape index (κ3) is 3.04. The number of fused-ring (bicyclic) bond motifs is 3. The topological polar surface area (TPSA) is 41.4 Å². The molecule has 2 aromatic heterocycles. The van der Waals surface area contributed by atoms with E-state index in [1.54, 1.807) is 11.3 Å². The molecule has 0 saturated carbocycles. The van der Waals surface area contributed by atoms with Crippen molar-refractivity contribution in [2.24, 2.45) is 0 Å². The lowest BCUT2D eigenvalue weighted by molar-refractivity contribution is 0.0553. The number of carbonyl (C=O) groups excluding carboxylic acids is 1. The summed E-state index contributed by atoms with van der Waals surface area (Å²) in [5, 5.41) is 3.06. The number of halogens is 1. The van der Waals surface area contributed by atoms with Crippen LogP contribution in [0.3, 0.4) is 0 Å². The molecule has 2 aliphatic rings. The highest BCUT2D eigenvalue weighted by atomic mass is 32.1. The van der Waals surface area contributed by atoms with Crippen molar-refractivity contribution in [3.8, 4) is 0 Å². The summed E-state index contributed by atoms with van der Waals surface area (Å²) in [5.74, 6) is -0.147. The maximum absolute atomic E-state index is 13.2. The summed E-state index contributed by atoms with van der Waals surface area (Å²) in [5.41, 5.74) is 2.78. The quantitative estimate of drug-likeness (QED) is 0.678. The first-order chi connectivity index (χ1) is 13.6. The Morgan fingerprint density at radius 1 is 1.14 bits per heavy atom. The molecule has 144 valence electrons. The van der Waals surface area contributed by atoms with Gasteiger partial charge in [0.2, 0.25) is 0 Å². The van der Waals surface area contributed by atoms with Crippen LogP contribution in [-0.4, -0.2) is 44.4 Å². The van der Waals surface area contributed by atoms with Crippen LogP contribution in [0.4, 0.5) is 4.39 Å². The third-order valence-electron chi connectivity index (χ3n) is 5.67. The highest BCUT2D eigenvalue weighted by molar-refractivity contribution is 7.09. The maximum Gasteiger partial charge on any atom is 0.271 e. The van der Waals surface area contributed by atoms with Crippen molar-refractivity contribution in [1.29, 1.82) is 0 Å². The van der Waals surface area contributed by atoms with E-state index < -0.39 is 0 Å². The van der Waals surface area contributed by atoms with Gasteiger partial charge in [-0.3, -0.25) is 9.69 Å². The Morgan fingerprint density at radius 3 is 2.68 bits per heavy atom. The summed E-state index contributed by atoms with van der Waals surface area (Å²) in [7, 11) is 0. The van der Waals surface area contributed by atoms with Crippen molar-refractivity contribution < 1.29 is 9.18 Å². The number of thiazole rings is 1. The lowest BCUT2D eigenvalue weighted by Gasteiger charge is -2.38. The molecule has 1 amide bonds. The van der Waals surface area contributed by atoms with Gasteiger partial charge in [-0.2, -0.15) is 0 Å². The minimum Gasteiger partial charge on any atom is -0.337 e. The minimum atomic E-state index is -0.217. The second kappa shape index (κ2) is 6.83. The molecule has 1 saturated heterocycles. The molecule has 2 atom stereocenters. The number of amides is 1. The maximum atomic E-state index is 13.2. The highest BCUT2D eigenvalue weighted by Gasteiger charge is 2.44. The molecule has 0 unspecified atom stereocenters. The Balaban J connectivity index is 1.42. The van der Waals surface area contributed by atoms with Crippen molar-refractivity contribution >= 4 is 17.2 Å². The number of hydrogen-bond acceptors (Lipinski definition) is 4. The molecular formula is C21H21FN4OS. The predicted octanol–water partition coefficient (Wildman–Crippen LogP) is 3.47. The van der Waals surface area contributed by atoms with E-state index in [4.69, 9.17) is 0 Å². The number of hydrogen-bond donors (Lipinski definition) is 0. The molecule has 3 aromatic rings. The van der Waals surface area contributed by atoms with E-state index in [0.29, 0.717) is 6.54 Å². The third-order valence-corrected chi connectivity index (χ3v) is 6.49. The van der Waals surface area contributed by atoms with Gasteiger partial charge in [-0.1, -0.05) is 12.1 Å². The SMILES string of the molecule is Cc1nc(CN2C(=O)c3cccn3[C@H]3CN(Cc4ccc(F)cc4)C[C@H]32)cs1. The molecule has 0 N–H and O–H groups in total. The van der Waals surface area contributed by atoms with E-state index in [-0.39, 0.29) is 23.8 Å². The van der Waals surface area contributed by atoms with E-state index in [1.165, 1.54) is 12.1 Å². The monoisotopic (exact) mass is 396 g/mol. The summed E-state index contributed by atoms with van der Waals surface area (Å²) in [6, 6.07) is 10.9. The number of carbonyl (C=O) groups is 1. The molecule has 0 spiro atoms. The van der Waals surface area contributed by atoms with Gasteiger partial charge in [0.25, 0.3) is 5.91 Å². The summed E-state index contributed by atoms with van der Waals surface area (Å²) < 4.78 is 15.3. The lowest BCUT2D eigenvalue weighted by Crippen LogP contribution is -2.49. The van der Waals surface area contributed by atoms with Crippen LogP contribution in [0, 0.1) is 12.7 Å². The van der Waals surface area contributed by atoms with Crippen LogP contribution in [0.25, 0.3) is 0 Å². The standard InChI is InChI=1S/C21H21FN4OS/c1-14-23-17(13-28-14)10-26-20-12-24(9-15-4-6-16(22)7-5-15)11-19(20)25-8-2-3-18(25)21(26)27/h2-8,13,19-20H,9-12H2,1H3/t19-,20+/m0/s1. The van der Waals surface area contributed by atoms with Crippen molar-refractivity contribution in [3.05, 3.63) is 75.8 Å². The Morgan fingerprint density at radius 2 is 1.93 bits per heavy atom. The molecule has 1 aromatic carbocycles. The van der Waals surface area contributed by atoms with Gasteiger partial charge in [-0.05, 0) is 36.8 Å². The molecule has 5 rings (SSSR count). The second-order valence-corrected chi connectivity index (χ2v) is 8.61. The fourth-order valence-electron chi connectivity index (χ4n) is 4.41. The van der Waals surface area contributed by atoms with E-state index >= 15 is 0 Å². The summed E-state index contributed by atoms with van der Waals surface area (Å²) in [4.78, 5) is 22.1. The number of aryl methyl sites for hydroxylation is 1. The first kappa shape index (κ1) is 17.6. The molecule has 28 heavy (non-hydrogen) atoms. The van der Waals surface area contributed by atoms with Crippen molar-refractivity contribution in [3.63, 3.8) is 0 Å². The van der Waals surface area contributed by atoms with Gasteiger partial charge in [-0.15, -0.1) is 11.3 Å². The van der Waals surface area contributed by atoms with E-state index in [0.717, 1.165) is 41.6 Å². The van der Waals surface area contributed by atoms with Crippen LogP contribution >= 0.6 is 11.3 Å². The second-order valence-electron chi connectivity index (χ2n) is 7.55. The molecule has 4 heterocycles. The molecular weight excluding hydrogens is 375 g/mol. The zero-order valence-corrected chi connectivity index (χ0v) is 16.4. The summed E-state index contributed by atoms with van der Waals surface area (Å²) in [6.07, 6.45) is 2.01. The lowest BCUT2D eigenvalue weighted by atomic mass is 10.1. The van der Waals surface area contributed by atoms with Gasteiger partial charge in [0, 0.05) is 31.2 Å². The van der Waals surface area contributed by atoms with E-state index in [9.17, 15) is 9.18 Å². The van der Waals surface area contributed by atoms with Crippen LogP contribution in [0.1, 0.15) is 32.8 Å². The molecule has 5 nitrogen and oxygen atoms in total. The van der Waals surface area contributed by atoms with Crippen LogP contribution in [0.5, 0.6) is 0 Å². The Kier molecular flexibility index (Phi) is 4.29. The first-order valence-corrected chi connectivity index (χ1v) is 10.3. The average Bonchev–Trinajstić information content (AvgIpc) is 3.40. The highest BCUT2D eigenvalue weighted by Crippen LogP contribution is 2.35. The number of likely N-dealkylation sites (tertiary alicyclic amines) is 1. The number of aromatic nitrogens is 2. The van der Waals surface area contributed by atoms with Crippen molar-refractivity contribution in [2.75, 3.05) is 13.1 Å². The smallest absolute Gasteiger partial charge is 0.271 e. The zero-order chi connectivity index (χ0) is 19.3. The Labute approximate surface area is 167 Å². The minimum absolute atomic E-state index is 0.0699.